The van der Waals surface area contributed by atoms with Crippen LogP contribution < -0.4 is 25.0 Å². The van der Waals surface area contributed by atoms with E-state index < -0.39 is 0 Å². The van der Waals surface area contributed by atoms with E-state index in [0.29, 0.717) is 40.0 Å². The number of hydrogen-bond acceptors (Lipinski definition) is 7. The van der Waals surface area contributed by atoms with E-state index in [0.717, 1.165) is 48.7 Å². The third-order valence-corrected chi connectivity index (χ3v) is 7.74. The average molecular weight is 576 g/mol. The van der Waals surface area contributed by atoms with Crippen LogP contribution >= 0.6 is 11.6 Å². The van der Waals surface area contributed by atoms with Crippen molar-refractivity contribution in [2.75, 3.05) is 76.6 Å². The predicted octanol–water partition coefficient (Wildman–Crippen LogP) is 4.50. The van der Waals surface area contributed by atoms with Crippen LogP contribution in [0.2, 0.25) is 5.02 Å². The molecule has 2 aliphatic rings. The number of carbonyl (C=O) groups is 2. The second-order valence-electron chi connectivity index (χ2n) is 10.2. The number of likely N-dealkylation sites (N-methyl/N-ethyl adjacent to an activating group) is 2. The van der Waals surface area contributed by atoms with Crippen molar-refractivity contribution in [2.45, 2.75) is 0 Å². The fourth-order valence-corrected chi connectivity index (χ4v) is 5.20. The molecule has 0 radical (unpaired) electrons. The predicted molar refractivity (Wildman–Crippen MR) is 164 cm³/mol. The molecule has 9 nitrogen and oxygen atoms in total. The molecule has 10 heteroatoms. The number of halogens is 1. The van der Waals surface area contributed by atoms with Crippen molar-refractivity contribution in [1.82, 2.24) is 9.80 Å². The Balaban J connectivity index is 1.44. The molecule has 41 heavy (non-hydrogen) atoms. The van der Waals surface area contributed by atoms with Gasteiger partial charge in [0.25, 0.3) is 5.91 Å². The minimum atomic E-state index is -0.245. The summed E-state index contributed by atoms with van der Waals surface area (Å²) >= 11 is 6.20. The van der Waals surface area contributed by atoms with Gasteiger partial charge in [-0.15, -0.1) is 0 Å². The Kier molecular flexibility index (Phi) is 8.49. The molecular formula is C31H34ClN5O4. The summed E-state index contributed by atoms with van der Waals surface area (Å²) < 4.78 is 11.0. The molecule has 2 heterocycles. The maximum absolute atomic E-state index is 13.3. The Bertz CT molecular complexity index is 1480. The van der Waals surface area contributed by atoms with Crippen molar-refractivity contribution >= 4 is 51.7 Å². The first-order valence-electron chi connectivity index (χ1n) is 13.4. The van der Waals surface area contributed by atoms with Crippen molar-refractivity contribution in [3.05, 3.63) is 76.8 Å². The van der Waals surface area contributed by atoms with Crippen LogP contribution in [0, 0.1) is 0 Å². The maximum atomic E-state index is 13.3. The van der Waals surface area contributed by atoms with Gasteiger partial charge in [0, 0.05) is 60.8 Å². The van der Waals surface area contributed by atoms with Crippen molar-refractivity contribution in [1.29, 1.82) is 0 Å². The van der Waals surface area contributed by atoms with E-state index in [1.807, 2.05) is 42.5 Å². The third-order valence-electron chi connectivity index (χ3n) is 7.50. The van der Waals surface area contributed by atoms with Crippen LogP contribution in [0.1, 0.15) is 11.1 Å². The molecular weight excluding hydrogens is 542 g/mol. The van der Waals surface area contributed by atoms with Crippen LogP contribution in [0.5, 0.6) is 11.5 Å². The van der Waals surface area contributed by atoms with Crippen LogP contribution in [0.3, 0.4) is 0 Å². The largest absolute Gasteiger partial charge is 0.493 e. The monoisotopic (exact) mass is 575 g/mol. The number of nitrogens with one attached hydrogen (secondary N) is 2. The number of piperazine rings is 1. The number of benzene rings is 3. The standard InChI is InChI=1S/C31H34ClN5O4/c1-35-13-15-37(16-14-35)19-28(38)36(2)23-9-7-22(8-10-23)33-30(20-5-12-26(40-3)27(17-20)41-4)29-24-11-6-21(32)18-25(24)34-31(29)39/h5-12,17-18,33H,13-16,19H2,1-4H3,(H,34,39)/b30-29-. The molecule has 0 unspecified atom stereocenters. The van der Waals surface area contributed by atoms with Gasteiger partial charge >= 0.3 is 0 Å². The zero-order chi connectivity index (χ0) is 29.1. The summed E-state index contributed by atoms with van der Waals surface area (Å²) in [4.78, 5) is 32.4. The van der Waals surface area contributed by atoms with Gasteiger partial charge in [0.2, 0.25) is 5.91 Å². The summed E-state index contributed by atoms with van der Waals surface area (Å²) in [5.41, 5.74) is 4.73. The molecule has 0 aliphatic carbocycles. The Morgan fingerprint density at radius 2 is 1.68 bits per heavy atom. The fraction of sp³-hybridized carbons (Fsp3) is 0.290. The van der Waals surface area contributed by atoms with Gasteiger partial charge in [-0.05, 0) is 61.6 Å². The molecule has 214 valence electrons. The number of nitrogens with zero attached hydrogens (tertiary/aromatic N) is 3. The molecule has 0 bridgehead atoms. The van der Waals surface area contributed by atoms with Crippen LogP contribution in [0.25, 0.3) is 11.3 Å². The van der Waals surface area contributed by atoms with E-state index in [1.54, 1.807) is 44.4 Å². The molecule has 1 fully saturated rings. The SMILES string of the molecule is COc1ccc(/C(Nc2ccc(N(C)C(=O)CN3CCN(C)CC3)cc2)=C2/C(=O)Nc3cc(Cl)ccc32)cc1OC. The molecule has 0 atom stereocenters. The zero-order valence-corrected chi connectivity index (χ0v) is 24.4. The van der Waals surface area contributed by atoms with Gasteiger partial charge in [0.15, 0.2) is 11.5 Å². The molecule has 3 aromatic carbocycles. The number of amides is 2. The van der Waals surface area contributed by atoms with E-state index in [-0.39, 0.29) is 11.8 Å². The van der Waals surface area contributed by atoms with Crippen LogP contribution in [0.4, 0.5) is 17.1 Å². The summed E-state index contributed by atoms with van der Waals surface area (Å²) in [5.74, 6) is 0.916. The molecule has 2 aliphatic heterocycles. The first-order chi connectivity index (χ1) is 19.8. The summed E-state index contributed by atoms with van der Waals surface area (Å²) in [6, 6.07) is 18.4. The lowest BCUT2D eigenvalue weighted by Crippen LogP contribution is -2.48. The van der Waals surface area contributed by atoms with Gasteiger partial charge in [-0.1, -0.05) is 17.7 Å². The average Bonchev–Trinajstić information content (AvgIpc) is 3.30. The Morgan fingerprint density at radius 3 is 2.37 bits per heavy atom. The highest BCUT2D eigenvalue weighted by Gasteiger charge is 2.29. The number of methoxy groups -OCH3 is 2. The van der Waals surface area contributed by atoms with Crippen molar-refractivity contribution in [3.8, 4) is 11.5 Å². The Morgan fingerprint density at radius 1 is 0.976 bits per heavy atom. The first-order valence-corrected chi connectivity index (χ1v) is 13.8. The molecule has 1 saturated heterocycles. The number of rotatable bonds is 8. The molecule has 0 spiro atoms. The molecule has 2 N–H and O–H groups in total. The second kappa shape index (κ2) is 12.2. The third kappa shape index (κ3) is 6.17. The summed E-state index contributed by atoms with van der Waals surface area (Å²) in [6.07, 6.45) is 0. The summed E-state index contributed by atoms with van der Waals surface area (Å²) in [7, 11) is 7.04. The van der Waals surface area contributed by atoms with E-state index in [4.69, 9.17) is 21.1 Å². The van der Waals surface area contributed by atoms with Crippen molar-refractivity contribution in [2.24, 2.45) is 0 Å². The van der Waals surface area contributed by atoms with Gasteiger partial charge in [-0.25, -0.2) is 0 Å². The minimum absolute atomic E-state index is 0.0429. The number of ether oxygens (including phenoxy) is 2. The summed E-state index contributed by atoms with van der Waals surface area (Å²) in [5, 5.41) is 6.91. The zero-order valence-electron chi connectivity index (χ0n) is 23.7. The quantitative estimate of drug-likeness (QED) is 0.383. The number of hydrogen-bond donors (Lipinski definition) is 2. The van der Waals surface area contributed by atoms with Gasteiger partial charge in [-0.3, -0.25) is 14.5 Å². The lowest BCUT2D eigenvalue weighted by molar-refractivity contribution is -0.119. The Labute approximate surface area is 245 Å². The smallest absolute Gasteiger partial charge is 0.258 e. The van der Waals surface area contributed by atoms with E-state index in [2.05, 4.69) is 27.5 Å². The highest BCUT2D eigenvalue weighted by Crippen LogP contribution is 2.40. The van der Waals surface area contributed by atoms with E-state index in [1.165, 1.54) is 0 Å². The normalized spacial score (nSPS) is 16.6. The topological polar surface area (TPSA) is 86.4 Å². The number of fused-ring (bicyclic) bond motifs is 1. The van der Waals surface area contributed by atoms with E-state index in [9.17, 15) is 9.59 Å². The van der Waals surface area contributed by atoms with Gasteiger partial charge in [0.05, 0.1) is 37.7 Å². The number of anilines is 3. The highest BCUT2D eigenvalue weighted by molar-refractivity contribution is 6.38. The highest BCUT2D eigenvalue weighted by atomic mass is 35.5. The second-order valence-corrected chi connectivity index (χ2v) is 10.6. The van der Waals surface area contributed by atoms with Crippen molar-refractivity contribution in [3.63, 3.8) is 0 Å². The van der Waals surface area contributed by atoms with Crippen LogP contribution in [-0.4, -0.2) is 82.7 Å². The van der Waals surface area contributed by atoms with Crippen LogP contribution in [0.15, 0.2) is 60.7 Å². The lowest BCUT2D eigenvalue weighted by atomic mass is 9.99. The molecule has 0 saturated carbocycles. The van der Waals surface area contributed by atoms with Gasteiger partial charge < -0.3 is 29.9 Å². The molecule has 0 aromatic heterocycles. The lowest BCUT2D eigenvalue weighted by Gasteiger charge is -2.32. The van der Waals surface area contributed by atoms with Crippen LogP contribution in [-0.2, 0) is 9.59 Å². The van der Waals surface area contributed by atoms with E-state index >= 15 is 0 Å². The number of carbonyl (C=O) groups excluding carboxylic acids is 2. The molecule has 3 aromatic rings. The fourth-order valence-electron chi connectivity index (χ4n) is 5.02. The van der Waals surface area contributed by atoms with Gasteiger partial charge in [-0.2, -0.15) is 0 Å². The van der Waals surface area contributed by atoms with Crippen molar-refractivity contribution < 1.29 is 19.1 Å². The minimum Gasteiger partial charge on any atom is -0.493 e. The molecule has 2 amide bonds. The Hall–Kier alpha value is -4.05. The maximum Gasteiger partial charge on any atom is 0.258 e. The molecule has 5 rings (SSSR count). The first kappa shape index (κ1) is 28.5. The summed E-state index contributed by atoms with van der Waals surface area (Å²) in [6.45, 7) is 4.08. The van der Waals surface area contributed by atoms with Gasteiger partial charge in [0.1, 0.15) is 0 Å².